The summed E-state index contributed by atoms with van der Waals surface area (Å²) in [6.07, 6.45) is 0. The van der Waals surface area contributed by atoms with Crippen LogP contribution in [-0.2, 0) is 11.3 Å². The largest absolute Gasteiger partial charge is 0.480 e. The second-order valence-electron chi connectivity index (χ2n) is 4.10. The van der Waals surface area contributed by atoms with Crippen LogP contribution in [0.15, 0.2) is 39.1 Å². The summed E-state index contributed by atoms with van der Waals surface area (Å²) in [5.41, 5.74) is 1.80. The van der Waals surface area contributed by atoms with Crippen LogP contribution in [0.5, 0.6) is 0 Å². The molecule has 22 heavy (non-hydrogen) atoms. The number of nitrogens with zero attached hydrogens (tertiary/aromatic N) is 5. The zero-order valence-electron chi connectivity index (χ0n) is 10.9. The highest BCUT2D eigenvalue weighted by Crippen LogP contribution is 2.31. The van der Waals surface area contributed by atoms with E-state index < -0.39 is 5.97 Å². The fourth-order valence-corrected chi connectivity index (χ4v) is 3.34. The molecule has 2 heterocycles. The van der Waals surface area contributed by atoms with Crippen LogP contribution in [0.4, 0.5) is 0 Å². The molecule has 0 bridgehead atoms. The van der Waals surface area contributed by atoms with Gasteiger partial charge in [-0.25, -0.2) is 4.98 Å². The molecule has 10 heteroatoms. The van der Waals surface area contributed by atoms with Crippen molar-refractivity contribution in [2.75, 3.05) is 0 Å². The lowest BCUT2D eigenvalue weighted by molar-refractivity contribution is -0.138. The molecule has 0 unspecified atom stereocenters. The van der Waals surface area contributed by atoms with Crippen molar-refractivity contribution < 1.29 is 9.90 Å². The number of rotatable bonds is 5. The first-order valence-corrected chi connectivity index (χ1v) is 8.06. The molecule has 0 atom stereocenters. The van der Waals surface area contributed by atoms with Gasteiger partial charge in [-0.2, -0.15) is 4.80 Å². The Morgan fingerprint density at radius 1 is 1.36 bits per heavy atom. The van der Waals surface area contributed by atoms with Gasteiger partial charge in [0.25, 0.3) is 0 Å². The van der Waals surface area contributed by atoms with E-state index in [-0.39, 0.29) is 6.54 Å². The Morgan fingerprint density at radius 2 is 2.14 bits per heavy atom. The second kappa shape index (κ2) is 6.42. The maximum absolute atomic E-state index is 10.6. The fraction of sp³-hybridized carbons (Fsp3) is 0.0833. The molecule has 0 aliphatic carbocycles. The van der Waals surface area contributed by atoms with E-state index in [9.17, 15) is 4.79 Å². The van der Waals surface area contributed by atoms with Crippen LogP contribution in [0, 0.1) is 0 Å². The van der Waals surface area contributed by atoms with E-state index in [2.05, 4.69) is 20.4 Å². The normalized spacial score (nSPS) is 10.8. The smallest absolute Gasteiger partial charge is 0.327 e. The zero-order valence-corrected chi connectivity index (χ0v) is 13.3. The van der Waals surface area contributed by atoms with Gasteiger partial charge in [-0.1, -0.05) is 23.7 Å². The van der Waals surface area contributed by atoms with Gasteiger partial charge in [-0.3, -0.25) is 4.79 Å². The van der Waals surface area contributed by atoms with Crippen LogP contribution in [0.3, 0.4) is 0 Å². The number of halogens is 1. The number of hydrogen-bond acceptors (Lipinski definition) is 7. The van der Waals surface area contributed by atoms with Gasteiger partial charge in [0.05, 0.1) is 5.69 Å². The van der Waals surface area contributed by atoms with Crippen LogP contribution in [0.2, 0.25) is 5.02 Å². The summed E-state index contributed by atoms with van der Waals surface area (Å²) in [6, 6.07) is 7.41. The fourth-order valence-electron chi connectivity index (χ4n) is 1.59. The van der Waals surface area contributed by atoms with Crippen molar-refractivity contribution >= 4 is 40.7 Å². The van der Waals surface area contributed by atoms with Crippen molar-refractivity contribution in [3.8, 4) is 11.3 Å². The predicted octanol–water partition coefficient (Wildman–Crippen LogP) is 2.69. The molecule has 0 aliphatic rings. The highest BCUT2D eigenvalue weighted by molar-refractivity contribution is 8.00. The number of carboxylic acid groups (broad SMARTS) is 1. The standard InChI is InChI=1S/C12H8ClN5O2S2/c13-8-3-1-7(2-4-8)9-6-21-12(14-9)22-11-15-17-18(16-11)5-10(19)20/h1-4,6H,5H2,(H,19,20). The van der Waals surface area contributed by atoms with E-state index in [1.165, 1.54) is 23.1 Å². The minimum Gasteiger partial charge on any atom is -0.480 e. The number of tetrazole rings is 1. The zero-order chi connectivity index (χ0) is 15.5. The lowest BCUT2D eigenvalue weighted by Crippen LogP contribution is -2.11. The molecule has 0 spiro atoms. The molecule has 112 valence electrons. The molecular formula is C12H8ClN5O2S2. The summed E-state index contributed by atoms with van der Waals surface area (Å²) in [7, 11) is 0. The summed E-state index contributed by atoms with van der Waals surface area (Å²) in [6.45, 7) is -0.318. The predicted molar refractivity (Wildman–Crippen MR) is 82.1 cm³/mol. The molecule has 0 aliphatic heterocycles. The van der Waals surface area contributed by atoms with E-state index in [4.69, 9.17) is 16.7 Å². The number of aliphatic carboxylic acids is 1. The van der Waals surface area contributed by atoms with E-state index in [0.29, 0.717) is 10.2 Å². The summed E-state index contributed by atoms with van der Waals surface area (Å²) in [5, 5.41) is 23.0. The molecule has 2 aromatic heterocycles. The van der Waals surface area contributed by atoms with Crippen molar-refractivity contribution in [2.45, 2.75) is 16.0 Å². The Bertz CT molecular complexity index is 802. The summed E-state index contributed by atoms with van der Waals surface area (Å²) in [5.74, 6) is -1.02. The number of carboxylic acids is 1. The molecule has 0 amide bonds. The number of benzene rings is 1. The van der Waals surface area contributed by atoms with E-state index in [0.717, 1.165) is 20.4 Å². The van der Waals surface area contributed by atoms with E-state index in [1.54, 1.807) is 0 Å². The van der Waals surface area contributed by atoms with Crippen LogP contribution >= 0.6 is 34.7 Å². The number of thiazole rings is 1. The molecule has 0 radical (unpaired) electrons. The monoisotopic (exact) mass is 353 g/mol. The first kappa shape index (κ1) is 14.9. The Labute approximate surface area is 138 Å². The summed E-state index contributed by atoms with van der Waals surface area (Å²) < 4.78 is 0.750. The van der Waals surface area contributed by atoms with Crippen molar-refractivity contribution in [1.82, 2.24) is 25.2 Å². The average molecular weight is 354 g/mol. The maximum atomic E-state index is 10.6. The van der Waals surface area contributed by atoms with Crippen LogP contribution in [0.25, 0.3) is 11.3 Å². The van der Waals surface area contributed by atoms with E-state index >= 15 is 0 Å². The maximum Gasteiger partial charge on any atom is 0.327 e. The van der Waals surface area contributed by atoms with Gasteiger partial charge in [0.15, 0.2) is 10.9 Å². The first-order valence-electron chi connectivity index (χ1n) is 5.99. The van der Waals surface area contributed by atoms with Gasteiger partial charge in [0.1, 0.15) is 0 Å². The SMILES string of the molecule is O=C(O)Cn1nnc(Sc2nc(-c3ccc(Cl)cc3)cs2)n1. The Balaban J connectivity index is 1.72. The van der Waals surface area contributed by atoms with Crippen LogP contribution < -0.4 is 0 Å². The minimum atomic E-state index is -1.02. The second-order valence-corrected chi connectivity index (χ2v) is 6.61. The number of hydrogen-bond donors (Lipinski definition) is 1. The lowest BCUT2D eigenvalue weighted by Gasteiger charge is -1.95. The third-order valence-electron chi connectivity index (χ3n) is 2.51. The molecule has 0 saturated heterocycles. The van der Waals surface area contributed by atoms with Gasteiger partial charge < -0.3 is 5.11 Å². The van der Waals surface area contributed by atoms with Crippen molar-refractivity contribution in [3.63, 3.8) is 0 Å². The quantitative estimate of drug-likeness (QED) is 0.753. The number of aromatic nitrogens is 5. The average Bonchev–Trinajstić information content (AvgIpc) is 3.09. The highest BCUT2D eigenvalue weighted by atomic mass is 35.5. The van der Waals surface area contributed by atoms with Crippen molar-refractivity contribution in [2.24, 2.45) is 0 Å². The van der Waals surface area contributed by atoms with Crippen molar-refractivity contribution in [3.05, 3.63) is 34.7 Å². The highest BCUT2D eigenvalue weighted by Gasteiger charge is 2.11. The minimum absolute atomic E-state index is 0.318. The summed E-state index contributed by atoms with van der Waals surface area (Å²) in [4.78, 5) is 16.1. The molecule has 1 aromatic carbocycles. The van der Waals surface area contributed by atoms with Crippen LogP contribution in [0.1, 0.15) is 0 Å². The van der Waals surface area contributed by atoms with Gasteiger partial charge in [0.2, 0.25) is 5.16 Å². The first-order chi connectivity index (χ1) is 10.6. The molecule has 0 saturated carbocycles. The number of carbonyl (C=O) groups is 1. The molecule has 3 aromatic rings. The molecule has 1 N–H and O–H groups in total. The molecular weight excluding hydrogens is 346 g/mol. The van der Waals surface area contributed by atoms with Crippen LogP contribution in [-0.4, -0.2) is 36.3 Å². The Kier molecular flexibility index (Phi) is 4.36. The molecule has 3 rings (SSSR count). The van der Waals surface area contributed by atoms with Crippen molar-refractivity contribution in [1.29, 1.82) is 0 Å². The van der Waals surface area contributed by atoms with E-state index in [1.807, 2.05) is 29.6 Å². The van der Waals surface area contributed by atoms with Gasteiger partial charge >= 0.3 is 5.97 Å². The topological polar surface area (TPSA) is 93.8 Å². The van der Waals surface area contributed by atoms with Gasteiger partial charge in [-0.15, -0.1) is 21.5 Å². The van der Waals surface area contributed by atoms with Gasteiger partial charge in [0, 0.05) is 16.0 Å². The third kappa shape index (κ3) is 3.62. The Morgan fingerprint density at radius 3 is 2.86 bits per heavy atom. The van der Waals surface area contributed by atoms with Gasteiger partial charge in [-0.05, 0) is 29.1 Å². The Hall–Kier alpha value is -1.97. The lowest BCUT2D eigenvalue weighted by atomic mass is 10.2. The third-order valence-corrected chi connectivity index (χ3v) is 4.55. The summed E-state index contributed by atoms with van der Waals surface area (Å²) >= 11 is 8.55. The molecule has 7 nitrogen and oxygen atoms in total. The molecule has 0 fully saturated rings.